The first kappa shape index (κ1) is 26.5. The third-order valence-electron chi connectivity index (χ3n) is 7.23. The molecule has 2 aromatic carbocycles. The minimum atomic E-state index is -3.81. The molecule has 5 rings (SSSR count). The third kappa shape index (κ3) is 5.66. The van der Waals surface area contributed by atoms with Crippen LogP contribution in [0.3, 0.4) is 0 Å². The number of nitrogens with one attached hydrogen (secondary N) is 2. The molecule has 0 unspecified atom stereocenters. The molecular weight excluding hydrogens is 502 g/mol. The maximum atomic E-state index is 13.4. The highest BCUT2D eigenvalue weighted by molar-refractivity contribution is 7.92. The molecule has 38 heavy (non-hydrogen) atoms. The van der Waals surface area contributed by atoms with Gasteiger partial charge in [-0.15, -0.1) is 0 Å². The SMILES string of the molecule is CN(c1ccc2c(c1)nc(C(C)(C)C)n2CC1CCOCC1)S(=O)(=O)c1ccc(NC(=O)NC2CC2)cc1. The van der Waals surface area contributed by atoms with Crippen LogP contribution in [0.15, 0.2) is 47.4 Å². The van der Waals surface area contributed by atoms with Crippen molar-refractivity contribution in [2.24, 2.45) is 5.92 Å². The zero-order valence-electron chi connectivity index (χ0n) is 22.5. The Bertz CT molecular complexity index is 1420. The molecule has 0 atom stereocenters. The Kier molecular flexibility index (Phi) is 7.13. The number of urea groups is 1. The standard InChI is InChI=1S/C28H37N5O4S/c1-28(2,3)26-31-24-17-22(9-12-25(24)33(26)18-19-13-15-37-16-14-19)32(4)38(35,36)23-10-7-21(8-11-23)30-27(34)29-20-5-6-20/h7-12,17,19-20H,5-6,13-16,18H2,1-4H3,(H2,29,30,34). The van der Waals surface area contributed by atoms with Crippen molar-refractivity contribution in [3.8, 4) is 0 Å². The van der Waals surface area contributed by atoms with Gasteiger partial charge in [0, 0.05) is 44.0 Å². The summed E-state index contributed by atoms with van der Waals surface area (Å²) in [5.41, 5.74) is 2.71. The van der Waals surface area contributed by atoms with E-state index in [0.29, 0.717) is 17.3 Å². The average molecular weight is 540 g/mol. The van der Waals surface area contributed by atoms with E-state index in [9.17, 15) is 13.2 Å². The monoisotopic (exact) mass is 539 g/mol. The predicted octanol–water partition coefficient (Wildman–Crippen LogP) is 4.87. The average Bonchev–Trinajstić information content (AvgIpc) is 3.62. The summed E-state index contributed by atoms with van der Waals surface area (Å²) in [6, 6.07) is 11.9. The van der Waals surface area contributed by atoms with Crippen LogP contribution >= 0.6 is 0 Å². The van der Waals surface area contributed by atoms with E-state index >= 15 is 0 Å². The molecule has 3 aromatic rings. The van der Waals surface area contributed by atoms with E-state index in [1.807, 2.05) is 18.2 Å². The lowest BCUT2D eigenvalue weighted by Crippen LogP contribution is -2.30. The van der Waals surface area contributed by atoms with Crippen LogP contribution in [-0.2, 0) is 26.7 Å². The molecule has 2 amide bonds. The summed E-state index contributed by atoms with van der Waals surface area (Å²) in [6.07, 6.45) is 4.05. The van der Waals surface area contributed by atoms with Crippen molar-refractivity contribution in [3.05, 3.63) is 48.3 Å². The predicted molar refractivity (Wildman–Crippen MR) is 149 cm³/mol. The molecule has 0 bridgehead atoms. The van der Waals surface area contributed by atoms with Crippen molar-refractivity contribution in [2.75, 3.05) is 29.9 Å². The summed E-state index contributed by atoms with van der Waals surface area (Å²) in [4.78, 5) is 17.1. The van der Waals surface area contributed by atoms with Crippen LogP contribution in [0, 0.1) is 5.92 Å². The van der Waals surface area contributed by atoms with Crippen molar-refractivity contribution in [2.45, 2.75) is 69.4 Å². The molecule has 2 fully saturated rings. The summed E-state index contributed by atoms with van der Waals surface area (Å²) in [5.74, 6) is 1.53. The number of rotatable bonds is 7. The highest BCUT2D eigenvalue weighted by Crippen LogP contribution is 2.32. The number of hydrogen-bond acceptors (Lipinski definition) is 5. The Morgan fingerprint density at radius 1 is 1.08 bits per heavy atom. The van der Waals surface area contributed by atoms with Gasteiger partial charge < -0.3 is 19.9 Å². The number of nitrogens with zero attached hydrogens (tertiary/aromatic N) is 3. The van der Waals surface area contributed by atoms with Gasteiger partial charge in [-0.1, -0.05) is 20.8 Å². The molecule has 2 N–H and O–H groups in total. The molecule has 1 saturated heterocycles. The fourth-order valence-electron chi connectivity index (χ4n) is 4.85. The van der Waals surface area contributed by atoms with E-state index in [0.717, 1.165) is 62.3 Å². The van der Waals surface area contributed by atoms with Crippen LogP contribution in [0.1, 0.15) is 52.3 Å². The second kappa shape index (κ2) is 10.2. The number of fused-ring (bicyclic) bond motifs is 1. The summed E-state index contributed by atoms with van der Waals surface area (Å²) >= 11 is 0. The maximum Gasteiger partial charge on any atom is 0.319 e. The van der Waals surface area contributed by atoms with Gasteiger partial charge in [-0.25, -0.2) is 18.2 Å². The molecule has 2 heterocycles. The molecule has 9 nitrogen and oxygen atoms in total. The van der Waals surface area contributed by atoms with Crippen molar-refractivity contribution in [3.63, 3.8) is 0 Å². The van der Waals surface area contributed by atoms with Gasteiger partial charge in [0.15, 0.2) is 0 Å². The van der Waals surface area contributed by atoms with Gasteiger partial charge in [0.05, 0.1) is 21.6 Å². The first-order chi connectivity index (χ1) is 18.0. The fraction of sp³-hybridized carbons (Fsp3) is 0.500. The summed E-state index contributed by atoms with van der Waals surface area (Å²) < 4.78 is 36.0. The molecule has 0 spiro atoms. The Balaban J connectivity index is 1.38. The maximum absolute atomic E-state index is 13.4. The Morgan fingerprint density at radius 2 is 1.76 bits per heavy atom. The van der Waals surface area contributed by atoms with E-state index in [4.69, 9.17) is 9.72 Å². The fourth-order valence-corrected chi connectivity index (χ4v) is 6.03. The van der Waals surface area contributed by atoms with Crippen molar-refractivity contribution < 1.29 is 17.9 Å². The number of carbonyl (C=O) groups is 1. The van der Waals surface area contributed by atoms with Gasteiger partial charge in [0.25, 0.3) is 10.0 Å². The number of aromatic nitrogens is 2. The number of carbonyl (C=O) groups excluding carboxylic acids is 1. The Labute approximate surface area is 224 Å². The quantitative estimate of drug-likeness (QED) is 0.446. The van der Waals surface area contributed by atoms with Gasteiger partial charge in [-0.2, -0.15) is 0 Å². The van der Waals surface area contributed by atoms with Gasteiger partial charge in [-0.3, -0.25) is 4.31 Å². The van der Waals surface area contributed by atoms with E-state index in [1.54, 1.807) is 19.2 Å². The van der Waals surface area contributed by atoms with Crippen molar-refractivity contribution >= 4 is 38.5 Å². The number of amides is 2. The molecular formula is C28H37N5O4S. The Morgan fingerprint density at radius 3 is 2.39 bits per heavy atom. The molecule has 0 radical (unpaired) electrons. The van der Waals surface area contributed by atoms with Crippen LogP contribution in [0.5, 0.6) is 0 Å². The molecule has 1 aliphatic carbocycles. The van der Waals surface area contributed by atoms with Crippen LogP contribution in [-0.4, -0.2) is 50.3 Å². The molecule has 204 valence electrons. The largest absolute Gasteiger partial charge is 0.381 e. The highest BCUT2D eigenvalue weighted by Gasteiger charge is 2.27. The second-order valence-electron chi connectivity index (χ2n) is 11.4. The van der Waals surface area contributed by atoms with Crippen LogP contribution < -0.4 is 14.9 Å². The highest BCUT2D eigenvalue weighted by atomic mass is 32.2. The molecule has 2 aliphatic rings. The lowest BCUT2D eigenvalue weighted by Gasteiger charge is -2.26. The summed E-state index contributed by atoms with van der Waals surface area (Å²) in [6.45, 7) is 8.92. The Hall–Kier alpha value is -3.11. The van der Waals surface area contributed by atoms with E-state index in [2.05, 4.69) is 36.0 Å². The van der Waals surface area contributed by atoms with Gasteiger partial charge in [0.1, 0.15) is 5.82 Å². The number of anilines is 2. The van der Waals surface area contributed by atoms with Gasteiger partial charge >= 0.3 is 6.03 Å². The molecule has 10 heteroatoms. The number of hydrogen-bond donors (Lipinski definition) is 2. The van der Waals surface area contributed by atoms with Crippen LogP contribution in [0.4, 0.5) is 16.2 Å². The zero-order valence-corrected chi connectivity index (χ0v) is 23.3. The van der Waals surface area contributed by atoms with Crippen molar-refractivity contribution in [1.82, 2.24) is 14.9 Å². The van der Waals surface area contributed by atoms with E-state index in [-0.39, 0.29) is 22.4 Å². The van der Waals surface area contributed by atoms with Crippen molar-refractivity contribution in [1.29, 1.82) is 0 Å². The number of sulfonamides is 1. The van der Waals surface area contributed by atoms with E-state index in [1.165, 1.54) is 16.4 Å². The molecule has 1 aliphatic heterocycles. The lowest BCUT2D eigenvalue weighted by atomic mass is 9.94. The smallest absolute Gasteiger partial charge is 0.319 e. The topological polar surface area (TPSA) is 106 Å². The minimum Gasteiger partial charge on any atom is -0.381 e. The second-order valence-corrected chi connectivity index (χ2v) is 13.4. The minimum absolute atomic E-state index is 0.147. The number of ether oxygens (including phenoxy) is 1. The van der Waals surface area contributed by atoms with Gasteiger partial charge in [-0.05, 0) is 74.1 Å². The van der Waals surface area contributed by atoms with E-state index < -0.39 is 10.0 Å². The molecule has 1 aromatic heterocycles. The summed E-state index contributed by atoms with van der Waals surface area (Å²) in [7, 11) is -2.26. The van der Waals surface area contributed by atoms with Gasteiger partial charge in [0.2, 0.25) is 0 Å². The third-order valence-corrected chi connectivity index (χ3v) is 9.03. The zero-order chi connectivity index (χ0) is 27.1. The summed E-state index contributed by atoms with van der Waals surface area (Å²) in [5, 5.41) is 5.59. The lowest BCUT2D eigenvalue weighted by molar-refractivity contribution is 0.0611. The number of benzene rings is 2. The van der Waals surface area contributed by atoms with Crippen LogP contribution in [0.25, 0.3) is 11.0 Å². The van der Waals surface area contributed by atoms with Crippen LogP contribution in [0.2, 0.25) is 0 Å². The number of imidazole rings is 1. The molecule has 1 saturated carbocycles. The normalized spacial score (nSPS) is 16.9. The first-order valence-electron chi connectivity index (χ1n) is 13.3. The first-order valence-corrected chi connectivity index (χ1v) is 14.7.